The maximum atomic E-state index is 13.4. The summed E-state index contributed by atoms with van der Waals surface area (Å²) in [5.41, 5.74) is -0.522. The van der Waals surface area contributed by atoms with Crippen molar-refractivity contribution < 1.29 is 17.6 Å². The molecule has 0 fully saturated rings. The number of rotatable bonds is 4. The molecule has 0 unspecified atom stereocenters. The van der Waals surface area contributed by atoms with Crippen LogP contribution in [0.1, 0.15) is 12.8 Å². The Kier molecular flexibility index (Phi) is 3.61. The van der Waals surface area contributed by atoms with Crippen molar-refractivity contribution in [3.63, 3.8) is 0 Å². The molecule has 2 aromatic rings. The topological polar surface area (TPSA) is 51.0 Å². The molecule has 96 valence electrons. The number of nitrogens with zero attached hydrogens (tertiary/aromatic N) is 2. The average molecular weight is 257 g/mol. The maximum Gasteiger partial charge on any atom is 0.253 e. The van der Waals surface area contributed by atoms with E-state index in [1.165, 1.54) is 0 Å². The number of hydrogen-bond acceptors (Lipinski definition) is 4. The van der Waals surface area contributed by atoms with Crippen molar-refractivity contribution in [2.75, 3.05) is 6.54 Å². The fourth-order valence-electron chi connectivity index (χ4n) is 1.40. The molecule has 0 saturated carbocycles. The minimum Gasteiger partial charge on any atom is -0.419 e. The van der Waals surface area contributed by atoms with Crippen molar-refractivity contribution in [1.82, 2.24) is 15.5 Å². The molecular weight excluding hydrogens is 247 g/mol. The van der Waals surface area contributed by atoms with E-state index in [9.17, 15) is 13.2 Å². The summed E-state index contributed by atoms with van der Waals surface area (Å²) in [5.74, 6) is -3.26. The fourth-order valence-corrected chi connectivity index (χ4v) is 1.40. The van der Waals surface area contributed by atoms with Gasteiger partial charge in [-0.05, 0) is 6.54 Å². The molecule has 1 N–H and O–H groups in total. The Morgan fingerprint density at radius 2 is 1.83 bits per heavy atom. The van der Waals surface area contributed by atoms with E-state index in [4.69, 9.17) is 4.42 Å². The first-order valence-electron chi connectivity index (χ1n) is 5.29. The van der Waals surface area contributed by atoms with Gasteiger partial charge in [0, 0.05) is 12.1 Å². The Hall–Kier alpha value is -1.89. The van der Waals surface area contributed by atoms with E-state index in [2.05, 4.69) is 15.5 Å². The highest BCUT2D eigenvalue weighted by molar-refractivity contribution is 5.54. The van der Waals surface area contributed by atoms with E-state index in [1.54, 1.807) is 0 Å². The minimum absolute atomic E-state index is 0.204. The molecule has 0 bridgehead atoms. The summed E-state index contributed by atoms with van der Waals surface area (Å²) in [6.45, 7) is 2.88. The van der Waals surface area contributed by atoms with E-state index < -0.39 is 23.0 Å². The lowest BCUT2D eigenvalue weighted by Crippen LogP contribution is -2.11. The molecule has 1 aromatic heterocycles. The van der Waals surface area contributed by atoms with Crippen LogP contribution in [0.2, 0.25) is 0 Å². The van der Waals surface area contributed by atoms with Crippen molar-refractivity contribution in [3.8, 4) is 11.5 Å². The molecule has 0 amide bonds. The summed E-state index contributed by atoms with van der Waals surface area (Å²) in [6.07, 6.45) is 0. The zero-order chi connectivity index (χ0) is 13.1. The molecule has 4 nitrogen and oxygen atoms in total. The first-order valence-corrected chi connectivity index (χ1v) is 5.29. The van der Waals surface area contributed by atoms with Gasteiger partial charge in [0.05, 0.1) is 6.54 Å². The number of halogens is 3. The lowest BCUT2D eigenvalue weighted by atomic mass is 10.2. The van der Waals surface area contributed by atoms with E-state index in [0.29, 0.717) is 25.2 Å². The van der Waals surface area contributed by atoms with E-state index in [-0.39, 0.29) is 11.8 Å². The van der Waals surface area contributed by atoms with Crippen LogP contribution in [0.15, 0.2) is 16.5 Å². The van der Waals surface area contributed by atoms with Gasteiger partial charge < -0.3 is 9.73 Å². The molecule has 7 heteroatoms. The fraction of sp³-hybridized carbons (Fsp3) is 0.273. The van der Waals surface area contributed by atoms with Crippen LogP contribution in [-0.2, 0) is 6.54 Å². The Balaban J connectivity index is 2.34. The molecule has 0 saturated heterocycles. The summed E-state index contributed by atoms with van der Waals surface area (Å²) >= 11 is 0. The van der Waals surface area contributed by atoms with Crippen LogP contribution in [-0.4, -0.2) is 16.7 Å². The summed E-state index contributed by atoms with van der Waals surface area (Å²) in [6, 6.07) is 1.12. The van der Waals surface area contributed by atoms with Crippen LogP contribution in [0.3, 0.4) is 0 Å². The van der Waals surface area contributed by atoms with Crippen molar-refractivity contribution in [1.29, 1.82) is 0 Å². The van der Waals surface area contributed by atoms with Gasteiger partial charge in [0.2, 0.25) is 5.89 Å². The highest BCUT2D eigenvalue weighted by Crippen LogP contribution is 2.25. The van der Waals surface area contributed by atoms with Gasteiger partial charge >= 0.3 is 0 Å². The van der Waals surface area contributed by atoms with Crippen molar-refractivity contribution in [2.45, 2.75) is 13.5 Å². The predicted octanol–water partition coefficient (Wildman–Crippen LogP) is 2.26. The molecule has 1 heterocycles. The second kappa shape index (κ2) is 5.18. The predicted molar refractivity (Wildman–Crippen MR) is 57.0 cm³/mol. The smallest absolute Gasteiger partial charge is 0.253 e. The normalized spacial score (nSPS) is 10.9. The van der Waals surface area contributed by atoms with Gasteiger partial charge in [0.1, 0.15) is 23.0 Å². The van der Waals surface area contributed by atoms with Crippen LogP contribution < -0.4 is 5.32 Å². The van der Waals surface area contributed by atoms with Gasteiger partial charge in [-0.1, -0.05) is 6.92 Å². The number of hydrogen-bond donors (Lipinski definition) is 1. The molecule has 18 heavy (non-hydrogen) atoms. The summed E-state index contributed by atoms with van der Waals surface area (Å²) in [5, 5.41) is 10.1. The van der Waals surface area contributed by atoms with Crippen LogP contribution in [0, 0.1) is 17.5 Å². The third-order valence-corrected chi connectivity index (χ3v) is 2.21. The lowest BCUT2D eigenvalue weighted by molar-refractivity contribution is 0.473. The average Bonchev–Trinajstić information content (AvgIpc) is 2.73. The summed E-state index contributed by atoms with van der Waals surface area (Å²) < 4.78 is 44.7. The van der Waals surface area contributed by atoms with E-state index >= 15 is 0 Å². The Bertz CT molecular complexity index is 533. The van der Waals surface area contributed by atoms with Crippen LogP contribution in [0.5, 0.6) is 0 Å². The molecule has 0 radical (unpaired) electrons. The number of nitrogens with one attached hydrogen (secondary N) is 1. The van der Waals surface area contributed by atoms with E-state index in [1.807, 2.05) is 6.92 Å². The first-order chi connectivity index (χ1) is 8.61. The highest BCUT2D eigenvalue weighted by Gasteiger charge is 2.19. The Labute approximate surface area is 101 Å². The summed E-state index contributed by atoms with van der Waals surface area (Å²) in [4.78, 5) is 0. The van der Waals surface area contributed by atoms with Gasteiger partial charge in [-0.25, -0.2) is 13.2 Å². The third kappa shape index (κ3) is 2.51. The molecule has 0 atom stereocenters. The van der Waals surface area contributed by atoms with Crippen molar-refractivity contribution in [3.05, 3.63) is 35.5 Å². The quantitative estimate of drug-likeness (QED) is 0.912. The monoisotopic (exact) mass is 257 g/mol. The second-order valence-corrected chi connectivity index (χ2v) is 3.53. The van der Waals surface area contributed by atoms with Crippen LogP contribution >= 0.6 is 0 Å². The molecule has 1 aromatic carbocycles. The molecule has 0 aliphatic carbocycles. The number of aromatic nitrogens is 2. The largest absolute Gasteiger partial charge is 0.419 e. The Morgan fingerprint density at radius 1 is 1.17 bits per heavy atom. The molecule has 0 spiro atoms. The molecule has 0 aliphatic rings. The van der Waals surface area contributed by atoms with Crippen LogP contribution in [0.4, 0.5) is 13.2 Å². The maximum absolute atomic E-state index is 13.4. The van der Waals surface area contributed by atoms with Gasteiger partial charge in [0.25, 0.3) is 5.89 Å². The van der Waals surface area contributed by atoms with Gasteiger partial charge in [0.15, 0.2) is 0 Å². The van der Waals surface area contributed by atoms with Crippen molar-refractivity contribution >= 4 is 0 Å². The standard InChI is InChI=1S/C11H10F3N3O/c1-2-15-5-9-16-17-11(18-9)10-7(13)3-6(12)4-8(10)14/h3-4,15H,2,5H2,1H3. The third-order valence-electron chi connectivity index (χ3n) is 2.21. The van der Waals surface area contributed by atoms with E-state index in [0.717, 1.165) is 0 Å². The zero-order valence-electron chi connectivity index (χ0n) is 9.51. The number of benzene rings is 1. The zero-order valence-corrected chi connectivity index (χ0v) is 9.51. The molecule has 0 aliphatic heterocycles. The second-order valence-electron chi connectivity index (χ2n) is 3.53. The Morgan fingerprint density at radius 3 is 2.44 bits per heavy atom. The minimum atomic E-state index is -1.08. The molecule has 2 rings (SSSR count). The first kappa shape index (κ1) is 12.6. The lowest BCUT2D eigenvalue weighted by Gasteiger charge is -2.00. The van der Waals surface area contributed by atoms with Crippen LogP contribution in [0.25, 0.3) is 11.5 Å². The van der Waals surface area contributed by atoms with Gasteiger partial charge in [-0.3, -0.25) is 0 Å². The highest BCUT2D eigenvalue weighted by atomic mass is 19.1. The summed E-state index contributed by atoms with van der Waals surface area (Å²) in [7, 11) is 0. The molecular formula is C11H10F3N3O. The van der Waals surface area contributed by atoms with Crippen molar-refractivity contribution in [2.24, 2.45) is 0 Å². The SMILES string of the molecule is CCNCc1nnc(-c2c(F)cc(F)cc2F)o1. The van der Waals surface area contributed by atoms with Gasteiger partial charge in [-0.15, -0.1) is 10.2 Å². The van der Waals surface area contributed by atoms with Gasteiger partial charge in [-0.2, -0.15) is 0 Å².